The number of benzene rings is 3. The van der Waals surface area contributed by atoms with Crippen molar-refractivity contribution in [1.29, 1.82) is 0 Å². The van der Waals surface area contributed by atoms with Crippen LogP contribution in [0.1, 0.15) is 55.4 Å². The maximum absolute atomic E-state index is 13.6. The zero-order valence-corrected chi connectivity index (χ0v) is 29.9. The molecule has 0 bridgehead atoms. The Morgan fingerprint density at radius 2 is 1.71 bits per heavy atom. The lowest BCUT2D eigenvalue weighted by Crippen LogP contribution is -2.48. The number of carbonyl (C=O) groups is 2. The largest absolute Gasteiger partial charge is 0.493 e. The van der Waals surface area contributed by atoms with Crippen molar-refractivity contribution < 1.29 is 33.6 Å². The molecule has 260 valence electrons. The van der Waals surface area contributed by atoms with E-state index in [4.69, 9.17) is 42.1 Å². The van der Waals surface area contributed by atoms with Crippen molar-refractivity contribution in [2.75, 3.05) is 41.0 Å². The normalized spacial score (nSPS) is 15.6. The van der Waals surface area contributed by atoms with E-state index in [2.05, 4.69) is 10.2 Å². The number of carbonyl (C=O) groups excluding carboxylic acids is 2. The second kappa shape index (κ2) is 17.3. The Hall–Kier alpha value is -3.64. The molecule has 0 aliphatic carbocycles. The summed E-state index contributed by atoms with van der Waals surface area (Å²) < 4.78 is 22.8. The van der Waals surface area contributed by atoms with Gasteiger partial charge in [0.2, 0.25) is 0 Å². The molecule has 1 fully saturated rings. The average Bonchev–Trinajstić information content (AvgIpc) is 3.58. The summed E-state index contributed by atoms with van der Waals surface area (Å²) in [6, 6.07) is 21.4. The van der Waals surface area contributed by atoms with Crippen LogP contribution in [0.3, 0.4) is 0 Å². The number of hydrogen-bond donors (Lipinski definition) is 2. The molecule has 12 heteroatoms. The quantitative estimate of drug-likeness (QED) is 0.120. The zero-order chi connectivity index (χ0) is 34.9. The first-order valence-electron chi connectivity index (χ1n) is 15.9. The molecule has 2 N–H and O–H groups in total. The van der Waals surface area contributed by atoms with Gasteiger partial charge in [0.15, 0.2) is 11.5 Å². The number of thiophene rings is 1. The third-order valence-corrected chi connectivity index (χ3v) is 10.3. The van der Waals surface area contributed by atoms with Crippen LogP contribution in [0.4, 0.5) is 0 Å². The van der Waals surface area contributed by atoms with Crippen molar-refractivity contribution in [2.24, 2.45) is 0 Å². The first kappa shape index (κ1) is 36.6. The van der Waals surface area contributed by atoms with Gasteiger partial charge in [0.05, 0.1) is 14.2 Å². The summed E-state index contributed by atoms with van der Waals surface area (Å²) in [5.41, 5.74) is 2.87. The highest BCUT2D eigenvalue weighted by Gasteiger charge is 2.29. The molecule has 1 aliphatic rings. The van der Waals surface area contributed by atoms with Gasteiger partial charge in [-0.1, -0.05) is 59.6 Å². The van der Waals surface area contributed by atoms with Crippen LogP contribution in [0.5, 0.6) is 11.5 Å². The van der Waals surface area contributed by atoms with Gasteiger partial charge in [-0.2, -0.15) is 0 Å². The molecule has 4 aromatic rings. The molecule has 0 radical (unpaired) electrons. The number of ether oxygens (including phenoxy) is 4. The van der Waals surface area contributed by atoms with Crippen LogP contribution < -0.4 is 14.8 Å². The lowest BCUT2D eigenvalue weighted by Gasteiger charge is -2.37. The molecule has 0 amide bonds. The van der Waals surface area contributed by atoms with E-state index in [1.54, 1.807) is 43.5 Å². The Morgan fingerprint density at radius 3 is 2.35 bits per heavy atom. The summed E-state index contributed by atoms with van der Waals surface area (Å²) in [5.74, 6) is 0.141. The summed E-state index contributed by atoms with van der Waals surface area (Å²) >= 11 is 14.6. The molecule has 1 aromatic heterocycles. The number of likely N-dealkylation sites (tertiary alicyclic amines) is 1. The van der Waals surface area contributed by atoms with Crippen molar-refractivity contribution in [3.05, 3.63) is 115 Å². The summed E-state index contributed by atoms with van der Waals surface area (Å²) in [4.78, 5) is 30.2. The molecule has 0 saturated carbocycles. The first-order valence-corrected chi connectivity index (χ1v) is 17.5. The van der Waals surface area contributed by atoms with Crippen LogP contribution in [0.15, 0.2) is 72.8 Å². The molecular formula is C37H40Cl2N2O7S. The standard InChI is InChI=1S/C37H40Cl2N2O7S/c1-41-15-13-26(41)22-47-37(44)35(24-7-5-4-6-8-24)40-21-27-10-12-34(49-27)36(43)48-32(25-9-11-31(45-2)33(19-25)46-3)20-28-29(38)17-23(14-16-42)18-30(28)39/h4-12,17-19,26,32,35,40,42H,13-16,20-22H2,1-3H3/t26-,32+,35?/m1/s1. The Bertz CT molecular complexity index is 1710. The van der Waals surface area contributed by atoms with Gasteiger partial charge in [-0.05, 0) is 85.1 Å². The van der Waals surface area contributed by atoms with Gasteiger partial charge in [-0.15, -0.1) is 11.3 Å². The third kappa shape index (κ3) is 9.33. The monoisotopic (exact) mass is 726 g/mol. The predicted molar refractivity (Wildman–Crippen MR) is 191 cm³/mol. The summed E-state index contributed by atoms with van der Waals surface area (Å²) in [6.45, 7) is 1.65. The maximum atomic E-state index is 13.6. The predicted octanol–water partition coefficient (Wildman–Crippen LogP) is 6.83. The van der Waals surface area contributed by atoms with Gasteiger partial charge in [0, 0.05) is 40.5 Å². The molecule has 0 spiro atoms. The molecule has 5 rings (SSSR count). The molecule has 9 nitrogen and oxygen atoms in total. The van der Waals surface area contributed by atoms with E-state index in [1.807, 2.05) is 43.4 Å². The SMILES string of the molecule is COc1ccc([C@H](Cc2c(Cl)cc(CCO)cc2Cl)OC(=O)c2ccc(CNC(C(=O)OC[C@H]3CCN3C)c3ccccc3)s2)cc1OC. The van der Waals surface area contributed by atoms with Gasteiger partial charge in [0.25, 0.3) is 0 Å². The summed E-state index contributed by atoms with van der Waals surface area (Å²) in [7, 11) is 5.10. The van der Waals surface area contributed by atoms with Crippen molar-refractivity contribution in [1.82, 2.24) is 10.2 Å². The molecule has 2 heterocycles. The number of likely N-dealkylation sites (N-methyl/N-ethyl adjacent to an activating group) is 1. The fourth-order valence-electron chi connectivity index (χ4n) is 5.59. The fraction of sp³-hybridized carbons (Fsp3) is 0.351. The van der Waals surface area contributed by atoms with Crippen molar-refractivity contribution in [3.63, 3.8) is 0 Å². The van der Waals surface area contributed by atoms with Crippen LogP contribution in [-0.4, -0.2) is 69.0 Å². The van der Waals surface area contributed by atoms with Crippen LogP contribution in [0.25, 0.3) is 0 Å². The van der Waals surface area contributed by atoms with Crippen LogP contribution >= 0.6 is 34.5 Å². The Balaban J connectivity index is 1.32. The van der Waals surface area contributed by atoms with E-state index in [9.17, 15) is 14.7 Å². The summed E-state index contributed by atoms with van der Waals surface area (Å²) in [6.07, 6.45) is 0.830. The average molecular weight is 728 g/mol. The molecule has 3 atom stereocenters. The number of methoxy groups -OCH3 is 2. The second-order valence-corrected chi connectivity index (χ2v) is 13.8. The lowest BCUT2D eigenvalue weighted by atomic mass is 9.99. The summed E-state index contributed by atoms with van der Waals surface area (Å²) in [5, 5.41) is 13.5. The molecule has 3 aromatic carbocycles. The molecule has 1 unspecified atom stereocenters. The van der Waals surface area contributed by atoms with E-state index in [1.165, 1.54) is 18.4 Å². The van der Waals surface area contributed by atoms with Crippen LogP contribution in [0, 0.1) is 0 Å². The van der Waals surface area contributed by atoms with Gasteiger partial charge in [-0.3, -0.25) is 10.2 Å². The minimum Gasteiger partial charge on any atom is -0.493 e. The molecular weight excluding hydrogens is 687 g/mol. The highest BCUT2D eigenvalue weighted by atomic mass is 35.5. The molecule has 49 heavy (non-hydrogen) atoms. The number of nitrogens with zero attached hydrogens (tertiary/aromatic N) is 1. The van der Waals surface area contributed by atoms with E-state index in [0.29, 0.717) is 57.1 Å². The minimum atomic E-state index is -0.776. The van der Waals surface area contributed by atoms with Crippen molar-refractivity contribution >= 4 is 46.5 Å². The Morgan fingerprint density at radius 1 is 0.980 bits per heavy atom. The van der Waals surface area contributed by atoms with Gasteiger partial charge < -0.3 is 24.1 Å². The number of hydrogen-bond acceptors (Lipinski definition) is 10. The van der Waals surface area contributed by atoms with E-state index in [-0.39, 0.29) is 25.0 Å². The number of rotatable bonds is 16. The topological polar surface area (TPSA) is 107 Å². The number of esters is 2. The Labute approximate surface area is 300 Å². The van der Waals surface area contributed by atoms with E-state index in [0.717, 1.165) is 29.0 Å². The highest BCUT2D eigenvalue weighted by Crippen LogP contribution is 2.37. The van der Waals surface area contributed by atoms with Gasteiger partial charge >= 0.3 is 11.9 Å². The second-order valence-electron chi connectivity index (χ2n) is 11.8. The first-order chi connectivity index (χ1) is 23.7. The van der Waals surface area contributed by atoms with Crippen molar-refractivity contribution in [2.45, 2.75) is 44.0 Å². The Kier molecular flexibility index (Phi) is 13.0. The maximum Gasteiger partial charge on any atom is 0.348 e. The van der Waals surface area contributed by atoms with Crippen LogP contribution in [0.2, 0.25) is 10.0 Å². The van der Waals surface area contributed by atoms with Gasteiger partial charge in [-0.25, -0.2) is 9.59 Å². The smallest absolute Gasteiger partial charge is 0.348 e. The van der Waals surface area contributed by atoms with E-state index >= 15 is 0 Å². The van der Waals surface area contributed by atoms with Crippen LogP contribution in [-0.2, 0) is 33.7 Å². The van der Waals surface area contributed by atoms with E-state index < -0.39 is 18.1 Å². The fourth-order valence-corrected chi connectivity index (χ4v) is 7.12. The molecule has 1 saturated heterocycles. The number of aliphatic hydroxyl groups excluding tert-OH is 1. The third-order valence-electron chi connectivity index (χ3n) is 8.59. The number of nitrogens with one attached hydrogen (secondary N) is 1. The number of halogens is 2. The lowest BCUT2D eigenvalue weighted by molar-refractivity contribution is -0.149. The highest BCUT2D eigenvalue weighted by molar-refractivity contribution is 7.13. The minimum absolute atomic E-state index is 0.0363. The zero-order valence-electron chi connectivity index (χ0n) is 27.6. The number of aliphatic hydroxyl groups is 1. The molecule has 1 aliphatic heterocycles. The van der Waals surface area contributed by atoms with Gasteiger partial charge in [0.1, 0.15) is 23.6 Å². The van der Waals surface area contributed by atoms with Crippen molar-refractivity contribution in [3.8, 4) is 11.5 Å².